The van der Waals surface area contributed by atoms with Crippen molar-refractivity contribution in [3.8, 4) is 5.75 Å². The lowest BCUT2D eigenvalue weighted by atomic mass is 10.2. The van der Waals surface area contributed by atoms with Gasteiger partial charge in [-0.3, -0.25) is 0 Å². The molecule has 0 spiro atoms. The van der Waals surface area contributed by atoms with Crippen LogP contribution < -0.4 is 9.88 Å². The van der Waals surface area contributed by atoms with E-state index in [1.165, 1.54) is 26.4 Å². The minimum absolute atomic E-state index is 0.0788. The number of carbonyl (C=O) groups is 1. The number of hydrogen-bond acceptors (Lipinski definition) is 5. The lowest BCUT2D eigenvalue weighted by Crippen LogP contribution is -2.14. The smallest absolute Gasteiger partial charge is 0.337 e. The van der Waals surface area contributed by atoms with E-state index in [1.807, 2.05) is 0 Å². The maximum absolute atomic E-state index is 11.2. The highest BCUT2D eigenvalue weighted by molar-refractivity contribution is 7.89. The van der Waals surface area contributed by atoms with Gasteiger partial charge in [0.2, 0.25) is 10.0 Å². The van der Waals surface area contributed by atoms with Crippen LogP contribution in [0.3, 0.4) is 0 Å². The van der Waals surface area contributed by atoms with Crippen LogP contribution >= 0.6 is 0 Å². The highest BCUT2D eigenvalue weighted by Crippen LogP contribution is 2.23. The van der Waals surface area contributed by atoms with Gasteiger partial charge in [0.1, 0.15) is 10.6 Å². The molecule has 1 aromatic carbocycles. The van der Waals surface area contributed by atoms with Gasteiger partial charge in [-0.2, -0.15) is 0 Å². The lowest BCUT2D eigenvalue weighted by Gasteiger charge is -2.07. The summed E-state index contributed by atoms with van der Waals surface area (Å²) in [6.45, 7) is 0. The third kappa shape index (κ3) is 2.50. The van der Waals surface area contributed by atoms with Gasteiger partial charge in [0.25, 0.3) is 0 Å². The number of rotatable bonds is 3. The van der Waals surface area contributed by atoms with E-state index in [2.05, 4.69) is 4.74 Å². The molecule has 0 fully saturated rings. The number of primary sulfonamides is 1. The topological polar surface area (TPSA) is 95.7 Å². The molecule has 2 N–H and O–H groups in total. The molecular weight excluding hydrogens is 234 g/mol. The van der Waals surface area contributed by atoms with Gasteiger partial charge in [-0.1, -0.05) is 0 Å². The van der Waals surface area contributed by atoms with E-state index in [-0.39, 0.29) is 16.2 Å². The maximum Gasteiger partial charge on any atom is 0.337 e. The molecule has 0 unspecified atom stereocenters. The molecule has 0 aromatic heterocycles. The quantitative estimate of drug-likeness (QED) is 0.763. The third-order valence-corrected chi connectivity index (χ3v) is 2.82. The van der Waals surface area contributed by atoms with Crippen LogP contribution in [-0.4, -0.2) is 28.6 Å². The van der Waals surface area contributed by atoms with E-state index >= 15 is 0 Å². The van der Waals surface area contributed by atoms with E-state index in [9.17, 15) is 13.2 Å². The van der Waals surface area contributed by atoms with Crippen molar-refractivity contribution >= 4 is 16.0 Å². The summed E-state index contributed by atoms with van der Waals surface area (Å²) in [6, 6.07) is 3.84. The van der Waals surface area contributed by atoms with E-state index in [0.29, 0.717) is 0 Å². The van der Waals surface area contributed by atoms with Crippen LogP contribution in [0.5, 0.6) is 5.75 Å². The molecule has 0 amide bonds. The zero-order chi connectivity index (χ0) is 12.3. The van der Waals surface area contributed by atoms with Gasteiger partial charge in [-0.05, 0) is 18.2 Å². The summed E-state index contributed by atoms with van der Waals surface area (Å²) in [6.07, 6.45) is 0. The van der Waals surface area contributed by atoms with Crippen LogP contribution in [0, 0.1) is 0 Å². The Labute approximate surface area is 93.0 Å². The number of carbonyl (C=O) groups excluding carboxylic acids is 1. The van der Waals surface area contributed by atoms with Crippen molar-refractivity contribution in [2.75, 3.05) is 14.2 Å². The van der Waals surface area contributed by atoms with Gasteiger partial charge >= 0.3 is 5.97 Å². The van der Waals surface area contributed by atoms with E-state index < -0.39 is 16.0 Å². The number of methoxy groups -OCH3 is 2. The first-order valence-electron chi connectivity index (χ1n) is 4.19. The van der Waals surface area contributed by atoms with Crippen molar-refractivity contribution in [2.24, 2.45) is 5.14 Å². The fourth-order valence-corrected chi connectivity index (χ4v) is 1.87. The van der Waals surface area contributed by atoms with Crippen LogP contribution in [-0.2, 0) is 14.8 Å². The van der Waals surface area contributed by atoms with Gasteiger partial charge in [-0.25, -0.2) is 18.4 Å². The molecule has 16 heavy (non-hydrogen) atoms. The van der Waals surface area contributed by atoms with Gasteiger partial charge in [-0.15, -0.1) is 0 Å². The summed E-state index contributed by atoms with van der Waals surface area (Å²) >= 11 is 0. The molecule has 0 heterocycles. The first-order chi connectivity index (χ1) is 7.40. The molecule has 0 saturated heterocycles. The predicted octanol–water partition coefficient (Wildman–Crippen LogP) is 0.129. The molecule has 0 bridgehead atoms. The summed E-state index contributed by atoms with van der Waals surface area (Å²) in [5, 5.41) is 4.98. The average Bonchev–Trinajstić information content (AvgIpc) is 2.26. The van der Waals surface area contributed by atoms with E-state index in [1.54, 1.807) is 0 Å². The molecule has 7 heteroatoms. The van der Waals surface area contributed by atoms with Crippen molar-refractivity contribution in [3.05, 3.63) is 23.8 Å². The molecule has 0 saturated carbocycles. The van der Waals surface area contributed by atoms with Gasteiger partial charge < -0.3 is 9.47 Å². The van der Waals surface area contributed by atoms with Crippen LogP contribution in [0.2, 0.25) is 0 Å². The van der Waals surface area contributed by atoms with Crippen molar-refractivity contribution in [1.29, 1.82) is 0 Å². The highest BCUT2D eigenvalue weighted by atomic mass is 32.2. The summed E-state index contributed by atoms with van der Waals surface area (Å²) in [5.41, 5.74) is 0.0901. The summed E-state index contributed by atoms with van der Waals surface area (Å²) < 4.78 is 31.7. The van der Waals surface area contributed by atoms with Crippen molar-refractivity contribution in [1.82, 2.24) is 0 Å². The molecule has 0 atom stereocenters. The van der Waals surface area contributed by atoms with Crippen LogP contribution in [0.15, 0.2) is 23.1 Å². The fourth-order valence-electron chi connectivity index (χ4n) is 1.14. The Bertz CT molecular complexity index is 509. The normalized spacial score (nSPS) is 10.9. The summed E-state index contributed by atoms with van der Waals surface area (Å²) in [5.74, 6) is -0.567. The second-order valence-electron chi connectivity index (χ2n) is 2.90. The number of sulfonamides is 1. The van der Waals surface area contributed by atoms with Crippen molar-refractivity contribution in [3.63, 3.8) is 0 Å². The number of benzene rings is 1. The minimum atomic E-state index is -3.94. The summed E-state index contributed by atoms with van der Waals surface area (Å²) in [4.78, 5) is 10.9. The van der Waals surface area contributed by atoms with Crippen LogP contribution in [0.25, 0.3) is 0 Å². The Hall–Kier alpha value is -1.60. The molecule has 6 nitrogen and oxygen atoms in total. The summed E-state index contributed by atoms with van der Waals surface area (Å²) in [7, 11) is -1.44. The average molecular weight is 245 g/mol. The largest absolute Gasteiger partial charge is 0.495 e. The SMILES string of the molecule is COC(=O)c1ccc(OC)c(S(N)(=O)=O)c1. The number of ether oxygens (including phenoxy) is 2. The highest BCUT2D eigenvalue weighted by Gasteiger charge is 2.18. The van der Waals surface area contributed by atoms with Crippen LogP contribution in [0.1, 0.15) is 10.4 Å². The van der Waals surface area contributed by atoms with Gasteiger partial charge in [0, 0.05) is 0 Å². The molecule has 0 aliphatic heterocycles. The Morgan fingerprint density at radius 2 is 1.94 bits per heavy atom. The van der Waals surface area contributed by atoms with Gasteiger partial charge in [0.15, 0.2) is 0 Å². The molecular formula is C9H11NO5S. The van der Waals surface area contributed by atoms with Gasteiger partial charge in [0.05, 0.1) is 19.8 Å². The first-order valence-corrected chi connectivity index (χ1v) is 5.74. The molecule has 0 aliphatic carbocycles. The molecule has 0 aliphatic rings. The zero-order valence-corrected chi connectivity index (χ0v) is 9.58. The molecule has 1 rings (SSSR count). The first kappa shape index (κ1) is 12.5. The fraction of sp³-hybridized carbons (Fsp3) is 0.222. The Morgan fingerprint density at radius 3 is 2.38 bits per heavy atom. The molecule has 88 valence electrons. The Kier molecular flexibility index (Phi) is 3.51. The zero-order valence-electron chi connectivity index (χ0n) is 8.76. The maximum atomic E-state index is 11.2. The second-order valence-corrected chi connectivity index (χ2v) is 4.43. The Balaban J connectivity index is 3.39. The predicted molar refractivity (Wildman–Crippen MR) is 55.7 cm³/mol. The standard InChI is InChI=1S/C9H11NO5S/c1-14-7-4-3-6(9(11)15-2)5-8(7)16(10,12)13/h3-5H,1-2H3,(H2,10,12,13). The Morgan fingerprint density at radius 1 is 1.31 bits per heavy atom. The molecule has 0 radical (unpaired) electrons. The monoisotopic (exact) mass is 245 g/mol. The van der Waals surface area contributed by atoms with Crippen molar-refractivity contribution < 1.29 is 22.7 Å². The van der Waals surface area contributed by atoms with Crippen LogP contribution in [0.4, 0.5) is 0 Å². The van der Waals surface area contributed by atoms with E-state index in [0.717, 1.165) is 6.07 Å². The third-order valence-electron chi connectivity index (χ3n) is 1.89. The number of hydrogen-bond donors (Lipinski definition) is 1. The van der Waals surface area contributed by atoms with E-state index in [4.69, 9.17) is 9.88 Å². The van der Waals surface area contributed by atoms with Crippen molar-refractivity contribution in [2.45, 2.75) is 4.90 Å². The number of esters is 1. The second kappa shape index (κ2) is 4.50. The molecule has 1 aromatic rings. The number of nitrogens with two attached hydrogens (primary N) is 1. The lowest BCUT2D eigenvalue weighted by molar-refractivity contribution is 0.0600. The minimum Gasteiger partial charge on any atom is -0.495 e.